The Balaban J connectivity index is 1.60. The standard InChI is InChI=1S/C19H21N5O2S/c1-13-5-4-6-14(2)18(13)20-17(25)12-27-19-21-22-23-24(19)11-15-7-9-16(26-3)10-8-15/h4-10H,11-12H2,1-3H3,(H,20,25). The summed E-state index contributed by atoms with van der Waals surface area (Å²) in [7, 11) is 1.63. The number of nitrogens with one attached hydrogen (secondary N) is 1. The fourth-order valence-electron chi connectivity index (χ4n) is 2.62. The van der Waals surface area contributed by atoms with Crippen molar-refractivity contribution in [3.63, 3.8) is 0 Å². The van der Waals surface area contributed by atoms with Crippen molar-refractivity contribution >= 4 is 23.4 Å². The summed E-state index contributed by atoms with van der Waals surface area (Å²) in [6.45, 7) is 4.48. The number of anilines is 1. The molecule has 0 radical (unpaired) electrons. The quantitative estimate of drug-likeness (QED) is 0.632. The number of amides is 1. The van der Waals surface area contributed by atoms with Gasteiger partial charge in [0.2, 0.25) is 11.1 Å². The van der Waals surface area contributed by atoms with Crippen molar-refractivity contribution in [2.75, 3.05) is 18.2 Å². The maximum atomic E-state index is 12.3. The van der Waals surface area contributed by atoms with E-state index >= 15 is 0 Å². The first-order chi connectivity index (χ1) is 13.1. The monoisotopic (exact) mass is 383 g/mol. The first-order valence-corrected chi connectivity index (χ1v) is 9.43. The molecule has 0 saturated heterocycles. The molecule has 0 fully saturated rings. The summed E-state index contributed by atoms with van der Waals surface area (Å²) in [5, 5.41) is 15.3. The third kappa shape index (κ3) is 4.85. The number of hydrogen-bond donors (Lipinski definition) is 1. The summed E-state index contributed by atoms with van der Waals surface area (Å²) in [5.74, 6) is 0.946. The Kier molecular flexibility index (Phi) is 6.08. The van der Waals surface area contributed by atoms with Crippen molar-refractivity contribution in [2.45, 2.75) is 25.5 Å². The average molecular weight is 383 g/mol. The van der Waals surface area contributed by atoms with E-state index in [9.17, 15) is 4.79 Å². The number of thioether (sulfide) groups is 1. The van der Waals surface area contributed by atoms with E-state index in [2.05, 4.69) is 20.8 Å². The largest absolute Gasteiger partial charge is 0.497 e. The summed E-state index contributed by atoms with van der Waals surface area (Å²) in [6.07, 6.45) is 0. The van der Waals surface area contributed by atoms with Crippen molar-refractivity contribution in [1.29, 1.82) is 0 Å². The van der Waals surface area contributed by atoms with Gasteiger partial charge in [-0.05, 0) is 53.1 Å². The van der Waals surface area contributed by atoms with Crippen LogP contribution < -0.4 is 10.1 Å². The molecule has 8 heteroatoms. The van der Waals surface area contributed by atoms with Crippen LogP contribution in [0.2, 0.25) is 0 Å². The molecule has 140 valence electrons. The molecule has 3 aromatic rings. The second kappa shape index (κ2) is 8.68. The fourth-order valence-corrected chi connectivity index (χ4v) is 3.30. The Morgan fingerprint density at radius 3 is 2.52 bits per heavy atom. The second-order valence-corrected chi connectivity index (χ2v) is 7.01. The topological polar surface area (TPSA) is 81.9 Å². The molecule has 1 amide bonds. The van der Waals surface area contributed by atoms with Crippen molar-refractivity contribution in [2.24, 2.45) is 0 Å². The maximum absolute atomic E-state index is 12.3. The van der Waals surface area contributed by atoms with Crippen LogP contribution in [-0.4, -0.2) is 39.0 Å². The smallest absolute Gasteiger partial charge is 0.234 e. The maximum Gasteiger partial charge on any atom is 0.234 e. The minimum Gasteiger partial charge on any atom is -0.497 e. The average Bonchev–Trinajstić information content (AvgIpc) is 3.11. The van der Waals surface area contributed by atoms with Crippen LogP contribution in [0, 0.1) is 13.8 Å². The number of tetrazole rings is 1. The first kappa shape index (κ1) is 18.9. The molecule has 0 bridgehead atoms. The van der Waals surface area contributed by atoms with Gasteiger partial charge in [-0.1, -0.05) is 42.1 Å². The van der Waals surface area contributed by atoms with E-state index in [4.69, 9.17) is 4.74 Å². The Morgan fingerprint density at radius 1 is 1.15 bits per heavy atom. The summed E-state index contributed by atoms with van der Waals surface area (Å²) < 4.78 is 6.84. The van der Waals surface area contributed by atoms with Crippen LogP contribution in [0.15, 0.2) is 47.6 Å². The number of benzene rings is 2. The number of nitrogens with zero attached hydrogens (tertiary/aromatic N) is 4. The van der Waals surface area contributed by atoms with Gasteiger partial charge >= 0.3 is 0 Å². The first-order valence-electron chi connectivity index (χ1n) is 8.45. The molecular formula is C19H21N5O2S. The molecule has 1 N–H and O–H groups in total. The van der Waals surface area contributed by atoms with Crippen molar-refractivity contribution < 1.29 is 9.53 Å². The normalized spacial score (nSPS) is 10.6. The van der Waals surface area contributed by atoms with Gasteiger partial charge in [0, 0.05) is 5.69 Å². The Bertz CT molecular complexity index is 904. The van der Waals surface area contributed by atoms with E-state index in [1.54, 1.807) is 11.8 Å². The third-order valence-electron chi connectivity index (χ3n) is 4.07. The van der Waals surface area contributed by atoms with E-state index in [-0.39, 0.29) is 11.7 Å². The molecule has 0 unspecified atom stereocenters. The van der Waals surface area contributed by atoms with E-state index in [1.807, 2.05) is 56.3 Å². The number of rotatable bonds is 7. The SMILES string of the molecule is COc1ccc(Cn2nnnc2SCC(=O)Nc2c(C)cccc2C)cc1. The molecule has 0 aliphatic carbocycles. The molecule has 27 heavy (non-hydrogen) atoms. The molecule has 3 rings (SSSR count). The van der Waals surface area contributed by atoms with Crippen LogP contribution in [0.3, 0.4) is 0 Å². The number of carbonyl (C=O) groups is 1. The summed E-state index contributed by atoms with van der Waals surface area (Å²) in [4.78, 5) is 12.3. The van der Waals surface area contributed by atoms with Crippen LogP contribution in [0.25, 0.3) is 0 Å². The van der Waals surface area contributed by atoms with Gasteiger partial charge in [-0.25, -0.2) is 4.68 Å². The lowest BCUT2D eigenvalue weighted by Crippen LogP contribution is -2.16. The fraction of sp³-hybridized carbons (Fsp3) is 0.263. The lowest BCUT2D eigenvalue weighted by atomic mass is 10.1. The van der Waals surface area contributed by atoms with Crippen LogP contribution in [0.5, 0.6) is 5.75 Å². The molecule has 0 saturated carbocycles. The van der Waals surface area contributed by atoms with E-state index in [1.165, 1.54) is 11.8 Å². The van der Waals surface area contributed by atoms with Gasteiger partial charge < -0.3 is 10.1 Å². The van der Waals surface area contributed by atoms with Crippen molar-refractivity contribution in [3.8, 4) is 5.75 Å². The van der Waals surface area contributed by atoms with Crippen LogP contribution in [0.4, 0.5) is 5.69 Å². The van der Waals surface area contributed by atoms with Gasteiger partial charge in [0.15, 0.2) is 0 Å². The van der Waals surface area contributed by atoms with Crippen LogP contribution in [-0.2, 0) is 11.3 Å². The molecule has 1 aromatic heterocycles. The molecule has 7 nitrogen and oxygen atoms in total. The number of para-hydroxylation sites is 1. The van der Waals surface area contributed by atoms with Gasteiger partial charge in [0.05, 0.1) is 19.4 Å². The number of aromatic nitrogens is 4. The molecule has 0 spiro atoms. The third-order valence-corrected chi connectivity index (χ3v) is 5.03. The zero-order chi connectivity index (χ0) is 19.2. The number of aryl methyl sites for hydroxylation is 2. The van der Waals surface area contributed by atoms with Crippen molar-refractivity contribution in [1.82, 2.24) is 20.2 Å². The lowest BCUT2D eigenvalue weighted by Gasteiger charge is -2.11. The highest BCUT2D eigenvalue weighted by atomic mass is 32.2. The van der Waals surface area contributed by atoms with Crippen LogP contribution in [0.1, 0.15) is 16.7 Å². The Morgan fingerprint density at radius 2 is 1.85 bits per heavy atom. The van der Waals surface area contributed by atoms with Gasteiger partial charge in [-0.2, -0.15) is 0 Å². The highest BCUT2D eigenvalue weighted by Crippen LogP contribution is 2.21. The van der Waals surface area contributed by atoms with E-state index in [0.29, 0.717) is 11.7 Å². The van der Waals surface area contributed by atoms with Gasteiger partial charge in [-0.15, -0.1) is 5.10 Å². The number of ether oxygens (including phenoxy) is 1. The minimum absolute atomic E-state index is 0.0867. The molecule has 1 heterocycles. The highest BCUT2D eigenvalue weighted by Gasteiger charge is 2.12. The summed E-state index contributed by atoms with van der Waals surface area (Å²) in [6, 6.07) is 13.6. The predicted octanol–water partition coefficient (Wildman–Crippen LogP) is 3.08. The number of hydrogen-bond acceptors (Lipinski definition) is 6. The van der Waals surface area contributed by atoms with Gasteiger partial charge in [0.1, 0.15) is 5.75 Å². The molecule has 2 aromatic carbocycles. The number of carbonyl (C=O) groups excluding carboxylic acids is 1. The van der Waals surface area contributed by atoms with Gasteiger partial charge in [-0.3, -0.25) is 4.79 Å². The van der Waals surface area contributed by atoms with Crippen molar-refractivity contribution in [3.05, 3.63) is 59.2 Å². The Labute approximate surface area is 162 Å². The zero-order valence-electron chi connectivity index (χ0n) is 15.5. The van der Waals surface area contributed by atoms with Crippen LogP contribution >= 0.6 is 11.8 Å². The second-order valence-electron chi connectivity index (χ2n) is 6.07. The number of methoxy groups -OCH3 is 1. The van der Waals surface area contributed by atoms with Gasteiger partial charge in [0.25, 0.3) is 0 Å². The van der Waals surface area contributed by atoms with E-state index in [0.717, 1.165) is 28.1 Å². The minimum atomic E-state index is -0.0867. The molecule has 0 aliphatic rings. The molecule has 0 atom stereocenters. The molecule has 0 aliphatic heterocycles. The Hall–Kier alpha value is -2.87. The summed E-state index contributed by atoms with van der Waals surface area (Å²) in [5.41, 5.74) is 3.99. The zero-order valence-corrected chi connectivity index (χ0v) is 16.3. The predicted molar refractivity (Wildman–Crippen MR) is 105 cm³/mol. The summed E-state index contributed by atoms with van der Waals surface area (Å²) >= 11 is 1.31. The lowest BCUT2D eigenvalue weighted by molar-refractivity contribution is -0.113. The molecular weight excluding hydrogens is 362 g/mol. The van der Waals surface area contributed by atoms with E-state index < -0.39 is 0 Å². The highest BCUT2D eigenvalue weighted by molar-refractivity contribution is 7.99.